The van der Waals surface area contributed by atoms with Crippen LogP contribution in [0.5, 0.6) is 0 Å². The number of rotatable bonds is 3. The molecule has 1 aliphatic rings. The summed E-state index contributed by atoms with van der Waals surface area (Å²) in [6, 6.07) is 15.1. The third-order valence-electron chi connectivity index (χ3n) is 4.64. The van der Waals surface area contributed by atoms with E-state index < -0.39 is 0 Å². The second kappa shape index (κ2) is 6.30. The summed E-state index contributed by atoms with van der Waals surface area (Å²) < 4.78 is 0. The number of pyridine rings is 1. The molecule has 0 unspecified atom stereocenters. The lowest BCUT2D eigenvalue weighted by atomic mass is 10.1. The van der Waals surface area contributed by atoms with Gasteiger partial charge in [0.1, 0.15) is 5.82 Å². The molecule has 23 heavy (non-hydrogen) atoms. The summed E-state index contributed by atoms with van der Waals surface area (Å²) in [5.41, 5.74) is 2.36. The molecule has 0 atom stereocenters. The van der Waals surface area contributed by atoms with Gasteiger partial charge in [-0.05, 0) is 30.1 Å². The third kappa shape index (κ3) is 2.84. The predicted octanol–water partition coefficient (Wildman–Crippen LogP) is 4.11. The zero-order chi connectivity index (χ0) is 15.6. The largest absolute Gasteiger partial charge is 0.354 e. The standard InChI is InChI=1S/C19H21N3S/c1-2-21-10-12-22(13-11-21)18-9-8-15-5-3-6-16(19(15)20-18)17-7-4-14-23-17/h3-9,14H,2,10-13H2,1H3. The van der Waals surface area contributed by atoms with Gasteiger partial charge in [0.25, 0.3) is 0 Å². The number of aromatic nitrogens is 1. The summed E-state index contributed by atoms with van der Waals surface area (Å²) in [5.74, 6) is 1.11. The molecule has 0 bridgehead atoms. The third-order valence-corrected chi connectivity index (χ3v) is 5.54. The Balaban J connectivity index is 1.71. The minimum atomic E-state index is 1.06. The molecule has 0 spiro atoms. The molecule has 4 heteroatoms. The van der Waals surface area contributed by atoms with E-state index in [2.05, 4.69) is 64.6 Å². The van der Waals surface area contributed by atoms with Gasteiger partial charge >= 0.3 is 0 Å². The molecule has 1 aromatic carbocycles. The normalized spacial score (nSPS) is 16.1. The van der Waals surface area contributed by atoms with Crippen molar-refractivity contribution < 1.29 is 0 Å². The number of thiophene rings is 1. The Bertz CT molecular complexity index is 789. The van der Waals surface area contributed by atoms with E-state index in [1.165, 1.54) is 15.8 Å². The topological polar surface area (TPSA) is 19.4 Å². The SMILES string of the molecule is CCN1CCN(c2ccc3cccc(-c4cccs4)c3n2)CC1. The number of hydrogen-bond acceptors (Lipinski definition) is 4. The van der Waals surface area contributed by atoms with Gasteiger partial charge in [0.2, 0.25) is 0 Å². The van der Waals surface area contributed by atoms with Crippen molar-refractivity contribution in [1.82, 2.24) is 9.88 Å². The number of likely N-dealkylation sites (N-methyl/N-ethyl adjacent to an activating group) is 1. The first kappa shape index (κ1) is 14.7. The fourth-order valence-electron chi connectivity index (χ4n) is 3.24. The van der Waals surface area contributed by atoms with Crippen molar-refractivity contribution in [2.45, 2.75) is 6.92 Å². The predicted molar refractivity (Wildman–Crippen MR) is 99.4 cm³/mol. The highest BCUT2D eigenvalue weighted by Crippen LogP contribution is 2.32. The van der Waals surface area contributed by atoms with Crippen LogP contribution >= 0.6 is 11.3 Å². The number of anilines is 1. The number of benzene rings is 1. The quantitative estimate of drug-likeness (QED) is 0.723. The van der Waals surface area contributed by atoms with E-state index in [0.29, 0.717) is 0 Å². The van der Waals surface area contributed by atoms with Gasteiger partial charge in [-0.3, -0.25) is 0 Å². The van der Waals surface area contributed by atoms with Gasteiger partial charge in [-0.2, -0.15) is 0 Å². The van der Waals surface area contributed by atoms with Crippen molar-refractivity contribution in [2.24, 2.45) is 0 Å². The van der Waals surface area contributed by atoms with E-state index >= 15 is 0 Å². The molecule has 0 saturated carbocycles. The minimum Gasteiger partial charge on any atom is -0.354 e. The number of nitrogens with zero attached hydrogens (tertiary/aromatic N) is 3. The van der Waals surface area contributed by atoms with Crippen LogP contribution in [0.2, 0.25) is 0 Å². The molecule has 0 radical (unpaired) electrons. The molecule has 2 aromatic heterocycles. The molecule has 118 valence electrons. The lowest BCUT2D eigenvalue weighted by molar-refractivity contribution is 0.270. The molecular weight excluding hydrogens is 302 g/mol. The Labute approximate surface area is 141 Å². The molecule has 3 nitrogen and oxygen atoms in total. The zero-order valence-electron chi connectivity index (χ0n) is 13.4. The molecule has 1 fully saturated rings. The fraction of sp³-hybridized carbons (Fsp3) is 0.316. The highest BCUT2D eigenvalue weighted by molar-refractivity contribution is 7.13. The smallest absolute Gasteiger partial charge is 0.129 e. The first-order valence-corrected chi connectivity index (χ1v) is 9.14. The molecule has 3 aromatic rings. The summed E-state index contributed by atoms with van der Waals surface area (Å²) in [6.07, 6.45) is 0. The molecule has 1 saturated heterocycles. The number of fused-ring (bicyclic) bond motifs is 1. The number of hydrogen-bond donors (Lipinski definition) is 0. The summed E-state index contributed by atoms with van der Waals surface area (Å²) in [5, 5.41) is 3.34. The minimum absolute atomic E-state index is 1.06. The van der Waals surface area contributed by atoms with Gasteiger partial charge in [0.15, 0.2) is 0 Å². The van der Waals surface area contributed by atoms with Gasteiger partial charge in [-0.15, -0.1) is 11.3 Å². The Kier molecular flexibility index (Phi) is 4.02. The summed E-state index contributed by atoms with van der Waals surface area (Å²) >= 11 is 1.78. The van der Waals surface area contributed by atoms with Gasteiger partial charge in [0, 0.05) is 42.0 Å². The first-order chi connectivity index (χ1) is 11.3. The summed E-state index contributed by atoms with van der Waals surface area (Å²) in [6.45, 7) is 7.76. The Hall–Kier alpha value is -1.91. The molecule has 3 heterocycles. The maximum atomic E-state index is 5.02. The maximum Gasteiger partial charge on any atom is 0.129 e. The van der Waals surface area contributed by atoms with Crippen molar-refractivity contribution >= 4 is 28.1 Å². The molecular formula is C19H21N3S. The molecule has 4 rings (SSSR count). The summed E-state index contributed by atoms with van der Waals surface area (Å²) in [4.78, 5) is 11.2. The van der Waals surface area contributed by atoms with Crippen LogP contribution in [0.3, 0.4) is 0 Å². The van der Waals surface area contributed by atoms with Gasteiger partial charge in [-0.25, -0.2) is 4.98 Å². The average molecular weight is 323 g/mol. The van der Waals surface area contributed by atoms with Crippen LogP contribution in [0.4, 0.5) is 5.82 Å². The molecule has 1 aliphatic heterocycles. The zero-order valence-corrected chi connectivity index (χ0v) is 14.2. The maximum absolute atomic E-state index is 5.02. The monoisotopic (exact) mass is 323 g/mol. The van der Waals surface area contributed by atoms with Crippen molar-refractivity contribution in [3.63, 3.8) is 0 Å². The van der Waals surface area contributed by atoms with E-state index in [9.17, 15) is 0 Å². The van der Waals surface area contributed by atoms with Crippen LogP contribution in [0.1, 0.15) is 6.92 Å². The highest BCUT2D eigenvalue weighted by Gasteiger charge is 2.17. The van der Waals surface area contributed by atoms with E-state index in [4.69, 9.17) is 4.98 Å². The van der Waals surface area contributed by atoms with Gasteiger partial charge < -0.3 is 9.80 Å². The van der Waals surface area contributed by atoms with Gasteiger partial charge in [-0.1, -0.05) is 31.2 Å². The van der Waals surface area contributed by atoms with Crippen LogP contribution in [-0.4, -0.2) is 42.6 Å². The molecule has 0 amide bonds. The van der Waals surface area contributed by atoms with E-state index in [1.54, 1.807) is 11.3 Å². The van der Waals surface area contributed by atoms with Crippen LogP contribution in [0, 0.1) is 0 Å². The first-order valence-electron chi connectivity index (χ1n) is 8.26. The Morgan fingerprint density at radius 3 is 2.61 bits per heavy atom. The van der Waals surface area contributed by atoms with Crippen LogP contribution in [0.15, 0.2) is 47.8 Å². The summed E-state index contributed by atoms with van der Waals surface area (Å²) in [7, 11) is 0. The highest BCUT2D eigenvalue weighted by atomic mass is 32.1. The fourth-order valence-corrected chi connectivity index (χ4v) is 3.99. The van der Waals surface area contributed by atoms with Crippen molar-refractivity contribution in [3.8, 4) is 10.4 Å². The lowest BCUT2D eigenvalue weighted by Crippen LogP contribution is -2.46. The van der Waals surface area contributed by atoms with E-state index in [-0.39, 0.29) is 0 Å². The van der Waals surface area contributed by atoms with Crippen LogP contribution in [0.25, 0.3) is 21.3 Å². The van der Waals surface area contributed by atoms with Crippen LogP contribution < -0.4 is 4.90 Å². The molecule has 0 aliphatic carbocycles. The lowest BCUT2D eigenvalue weighted by Gasteiger charge is -2.34. The van der Waals surface area contributed by atoms with Crippen molar-refractivity contribution in [3.05, 3.63) is 47.8 Å². The van der Waals surface area contributed by atoms with Gasteiger partial charge in [0.05, 0.1) is 5.52 Å². The van der Waals surface area contributed by atoms with Crippen molar-refractivity contribution in [1.29, 1.82) is 0 Å². The van der Waals surface area contributed by atoms with E-state index in [0.717, 1.165) is 44.1 Å². The Morgan fingerprint density at radius 2 is 1.87 bits per heavy atom. The second-order valence-electron chi connectivity index (χ2n) is 5.95. The van der Waals surface area contributed by atoms with E-state index in [1.807, 2.05) is 0 Å². The molecule has 0 N–H and O–H groups in total. The Morgan fingerprint density at radius 1 is 1.00 bits per heavy atom. The van der Waals surface area contributed by atoms with Crippen LogP contribution in [-0.2, 0) is 0 Å². The average Bonchev–Trinajstić information content (AvgIpc) is 3.15. The van der Waals surface area contributed by atoms with Crippen molar-refractivity contribution in [2.75, 3.05) is 37.6 Å². The number of piperazine rings is 1. The second-order valence-corrected chi connectivity index (χ2v) is 6.89. The number of para-hydroxylation sites is 1.